The Morgan fingerprint density at radius 2 is 1.93 bits per heavy atom. The summed E-state index contributed by atoms with van der Waals surface area (Å²) in [6, 6.07) is 4.13. The van der Waals surface area contributed by atoms with Gasteiger partial charge < -0.3 is 0 Å². The summed E-state index contributed by atoms with van der Waals surface area (Å²) in [7, 11) is -3.81. The minimum absolute atomic E-state index is 0.0744. The molecule has 0 N–H and O–H groups in total. The van der Waals surface area contributed by atoms with Crippen LogP contribution in [0.4, 0.5) is 4.39 Å². The number of halogens is 1. The summed E-state index contributed by atoms with van der Waals surface area (Å²) in [6.45, 7) is 0.145. The molecule has 80 valence electrons. The van der Waals surface area contributed by atoms with E-state index >= 15 is 0 Å². The Kier molecular flexibility index (Phi) is 3.65. The first-order chi connectivity index (χ1) is 7.10. The molecule has 0 aromatic heterocycles. The zero-order chi connectivity index (χ0) is 11.3. The Morgan fingerprint density at radius 1 is 1.33 bits per heavy atom. The van der Waals surface area contributed by atoms with E-state index in [1.54, 1.807) is 0 Å². The van der Waals surface area contributed by atoms with Crippen LogP contribution in [0.15, 0.2) is 34.3 Å². The lowest BCUT2D eigenvalue weighted by Crippen LogP contribution is -2.02. The summed E-state index contributed by atoms with van der Waals surface area (Å²) >= 11 is 0. The second-order valence-electron chi connectivity index (χ2n) is 2.76. The van der Waals surface area contributed by atoms with E-state index in [9.17, 15) is 12.8 Å². The minimum Gasteiger partial charge on any atom is -0.233 e. The predicted molar refractivity (Wildman–Crippen MR) is 52.5 cm³/mol. The second kappa shape index (κ2) is 4.77. The topological polar surface area (TPSA) is 82.9 Å². The number of benzene rings is 1. The fourth-order valence-electron chi connectivity index (χ4n) is 0.978. The van der Waals surface area contributed by atoms with Crippen LogP contribution in [0.3, 0.4) is 0 Å². The van der Waals surface area contributed by atoms with Crippen molar-refractivity contribution in [1.29, 1.82) is 0 Å². The predicted octanol–water partition coefficient (Wildman–Crippen LogP) is 2.20. The molecule has 0 saturated heterocycles. The average molecular weight is 229 g/mol. The standard InChI is InChI=1S/C8H8FN3O2S/c9-6-15(13,14)8-3-1-7(2-4-8)5-11-12-10/h1-4H,5-6H2. The Balaban J connectivity index is 2.95. The van der Waals surface area contributed by atoms with Gasteiger partial charge in [0, 0.05) is 4.91 Å². The molecule has 0 spiro atoms. The Bertz CT molecular complexity index is 477. The van der Waals surface area contributed by atoms with Gasteiger partial charge in [-0.25, -0.2) is 12.8 Å². The molecule has 0 saturated carbocycles. The molecule has 0 aliphatic carbocycles. The first-order valence-electron chi connectivity index (χ1n) is 3.98. The lowest BCUT2D eigenvalue weighted by molar-refractivity contribution is 0.534. The number of azide groups is 1. The van der Waals surface area contributed by atoms with Crippen LogP contribution in [0.25, 0.3) is 10.4 Å². The van der Waals surface area contributed by atoms with Crippen LogP contribution in [0.1, 0.15) is 5.56 Å². The minimum atomic E-state index is -3.81. The second-order valence-corrected chi connectivity index (χ2v) is 4.68. The van der Waals surface area contributed by atoms with Crippen molar-refractivity contribution in [2.75, 3.05) is 6.01 Å². The van der Waals surface area contributed by atoms with Crippen LogP contribution in [0.5, 0.6) is 0 Å². The third-order valence-corrected chi connectivity index (χ3v) is 3.02. The highest BCUT2D eigenvalue weighted by Gasteiger charge is 2.12. The van der Waals surface area contributed by atoms with Crippen LogP contribution in [-0.4, -0.2) is 14.4 Å². The molecule has 0 radical (unpaired) electrons. The summed E-state index contributed by atoms with van der Waals surface area (Å²) in [4.78, 5) is 2.49. The van der Waals surface area contributed by atoms with Gasteiger partial charge in [0.05, 0.1) is 11.4 Å². The van der Waals surface area contributed by atoms with Crippen LogP contribution in [0.2, 0.25) is 0 Å². The maximum Gasteiger partial charge on any atom is 0.207 e. The monoisotopic (exact) mass is 229 g/mol. The van der Waals surface area contributed by atoms with Gasteiger partial charge in [0.1, 0.15) is 0 Å². The number of hydrogen-bond acceptors (Lipinski definition) is 3. The molecule has 7 heteroatoms. The molecular formula is C8H8FN3O2S. The molecule has 5 nitrogen and oxygen atoms in total. The van der Waals surface area contributed by atoms with E-state index in [2.05, 4.69) is 10.0 Å². The van der Waals surface area contributed by atoms with Gasteiger partial charge in [-0.15, -0.1) is 0 Å². The molecule has 1 aromatic carbocycles. The highest BCUT2D eigenvalue weighted by atomic mass is 32.2. The van der Waals surface area contributed by atoms with Crippen LogP contribution in [-0.2, 0) is 16.4 Å². The van der Waals surface area contributed by atoms with E-state index in [0.717, 1.165) is 0 Å². The molecule has 15 heavy (non-hydrogen) atoms. The van der Waals surface area contributed by atoms with Gasteiger partial charge in [0.25, 0.3) is 0 Å². The van der Waals surface area contributed by atoms with Gasteiger partial charge in [0.15, 0.2) is 6.01 Å². The summed E-state index contributed by atoms with van der Waals surface area (Å²) < 4.78 is 34.2. The normalized spacial score (nSPS) is 10.7. The van der Waals surface area contributed by atoms with Crippen molar-refractivity contribution in [1.82, 2.24) is 0 Å². The van der Waals surface area contributed by atoms with E-state index in [4.69, 9.17) is 5.53 Å². The molecule has 0 amide bonds. The lowest BCUT2D eigenvalue weighted by atomic mass is 10.2. The number of hydrogen-bond donors (Lipinski definition) is 0. The summed E-state index contributed by atoms with van der Waals surface area (Å²) in [6.07, 6.45) is 0. The summed E-state index contributed by atoms with van der Waals surface area (Å²) in [5.41, 5.74) is 8.73. The van der Waals surface area contributed by atoms with Crippen molar-refractivity contribution in [2.45, 2.75) is 11.4 Å². The number of alkyl halides is 1. The lowest BCUT2D eigenvalue weighted by Gasteiger charge is -2.00. The van der Waals surface area contributed by atoms with Crippen LogP contribution >= 0.6 is 0 Å². The maximum absolute atomic E-state index is 12.1. The molecule has 0 unspecified atom stereocenters. The smallest absolute Gasteiger partial charge is 0.207 e. The van der Waals surface area contributed by atoms with Crippen molar-refractivity contribution in [3.05, 3.63) is 40.3 Å². The Labute approximate surface area is 86.1 Å². The van der Waals surface area contributed by atoms with Gasteiger partial charge in [-0.05, 0) is 23.2 Å². The largest absolute Gasteiger partial charge is 0.233 e. The van der Waals surface area contributed by atoms with E-state index in [0.29, 0.717) is 5.56 Å². The summed E-state index contributed by atoms with van der Waals surface area (Å²) in [5.74, 6) is 0. The van der Waals surface area contributed by atoms with E-state index in [-0.39, 0.29) is 11.4 Å². The molecule has 0 heterocycles. The summed E-state index contributed by atoms with van der Waals surface area (Å²) in [5, 5.41) is 3.31. The third kappa shape index (κ3) is 2.93. The van der Waals surface area contributed by atoms with Crippen molar-refractivity contribution in [3.63, 3.8) is 0 Å². The molecular weight excluding hydrogens is 221 g/mol. The quantitative estimate of drug-likeness (QED) is 0.450. The van der Waals surface area contributed by atoms with E-state index in [1.165, 1.54) is 24.3 Å². The van der Waals surface area contributed by atoms with Crippen LogP contribution in [0, 0.1) is 0 Å². The number of nitrogens with zero attached hydrogens (tertiary/aromatic N) is 3. The van der Waals surface area contributed by atoms with Gasteiger partial charge >= 0.3 is 0 Å². The SMILES string of the molecule is [N-]=[N+]=NCc1ccc(S(=O)(=O)CF)cc1. The van der Waals surface area contributed by atoms with Crippen molar-refractivity contribution >= 4 is 9.84 Å². The first-order valence-corrected chi connectivity index (χ1v) is 5.64. The van der Waals surface area contributed by atoms with Crippen molar-refractivity contribution in [2.24, 2.45) is 5.11 Å². The highest BCUT2D eigenvalue weighted by molar-refractivity contribution is 7.91. The molecule has 1 rings (SSSR count). The van der Waals surface area contributed by atoms with Gasteiger partial charge in [-0.2, -0.15) is 0 Å². The van der Waals surface area contributed by atoms with Crippen molar-refractivity contribution in [3.8, 4) is 0 Å². The van der Waals surface area contributed by atoms with Gasteiger partial charge in [-0.1, -0.05) is 17.2 Å². The number of sulfone groups is 1. The average Bonchev–Trinajstić information content (AvgIpc) is 2.27. The molecule has 0 aliphatic rings. The zero-order valence-corrected chi connectivity index (χ0v) is 8.48. The van der Waals surface area contributed by atoms with Crippen molar-refractivity contribution < 1.29 is 12.8 Å². The number of rotatable bonds is 4. The first kappa shape index (κ1) is 11.5. The molecule has 0 bridgehead atoms. The fraction of sp³-hybridized carbons (Fsp3) is 0.250. The Hall–Kier alpha value is -1.59. The molecule has 0 aliphatic heterocycles. The fourth-order valence-corrected chi connectivity index (χ4v) is 1.66. The van der Waals surface area contributed by atoms with Gasteiger partial charge in [-0.3, -0.25) is 0 Å². The highest BCUT2D eigenvalue weighted by Crippen LogP contribution is 2.13. The molecule has 0 fully saturated rings. The Morgan fingerprint density at radius 3 is 2.40 bits per heavy atom. The molecule has 0 atom stereocenters. The van der Waals surface area contributed by atoms with E-state index < -0.39 is 15.8 Å². The third-order valence-electron chi connectivity index (χ3n) is 1.74. The van der Waals surface area contributed by atoms with Gasteiger partial charge in [0.2, 0.25) is 9.84 Å². The zero-order valence-electron chi connectivity index (χ0n) is 7.67. The van der Waals surface area contributed by atoms with Crippen LogP contribution < -0.4 is 0 Å². The molecule has 1 aromatic rings. The maximum atomic E-state index is 12.1. The van der Waals surface area contributed by atoms with E-state index in [1.807, 2.05) is 0 Å².